The number of benzene rings is 7. The van der Waals surface area contributed by atoms with Crippen LogP contribution in [0.1, 0.15) is 0 Å². The maximum Gasteiger partial charge on any atom is 0.164 e. The second-order valence-electron chi connectivity index (χ2n) is 12.8. The van der Waals surface area contributed by atoms with E-state index in [0.29, 0.717) is 17.5 Å². The predicted octanol–water partition coefficient (Wildman–Crippen LogP) is 13.1. The summed E-state index contributed by atoms with van der Waals surface area (Å²) >= 11 is 3.52. The molecule has 0 atom stereocenters. The number of hydrogen-bond acceptors (Lipinski definition) is 7. The monoisotopic (exact) mass is 703 g/mol. The molecule has 0 N–H and O–H groups in total. The van der Waals surface area contributed by atoms with E-state index in [1.165, 1.54) is 20.2 Å². The van der Waals surface area contributed by atoms with E-state index in [1.807, 2.05) is 54.6 Å². The first-order valence-corrected chi connectivity index (χ1v) is 18.6. The molecule has 5 nitrogen and oxygen atoms in total. The molecule has 3 aromatic heterocycles. The number of aromatic nitrogens is 3. The molecule has 0 unspecified atom stereocenters. The molecule has 7 aromatic carbocycles. The summed E-state index contributed by atoms with van der Waals surface area (Å²) in [6.45, 7) is 0. The van der Waals surface area contributed by atoms with Crippen LogP contribution in [0.3, 0.4) is 0 Å². The maximum atomic E-state index is 6.54. The van der Waals surface area contributed by atoms with Gasteiger partial charge in [-0.1, -0.05) is 103 Å². The molecule has 10 aromatic rings. The van der Waals surface area contributed by atoms with Crippen molar-refractivity contribution in [2.24, 2.45) is 0 Å². The summed E-state index contributed by atoms with van der Waals surface area (Å²) in [4.78, 5) is 17.3. The van der Waals surface area contributed by atoms with E-state index in [9.17, 15) is 0 Å². The average molecular weight is 704 g/mol. The number of nitrogens with zero attached hydrogens (tertiary/aromatic N) is 3. The van der Waals surface area contributed by atoms with E-state index < -0.39 is 0 Å². The van der Waals surface area contributed by atoms with E-state index in [-0.39, 0.29) is 0 Å². The van der Waals surface area contributed by atoms with Crippen molar-refractivity contribution in [1.82, 2.24) is 15.0 Å². The van der Waals surface area contributed by atoms with Gasteiger partial charge in [0.2, 0.25) is 0 Å². The van der Waals surface area contributed by atoms with Crippen LogP contribution in [0.25, 0.3) is 87.4 Å². The van der Waals surface area contributed by atoms with Gasteiger partial charge >= 0.3 is 0 Å². The fourth-order valence-electron chi connectivity index (χ4n) is 7.02. The lowest BCUT2D eigenvalue weighted by Gasteiger charge is -2.20. The molecule has 0 aliphatic carbocycles. The van der Waals surface area contributed by atoms with Gasteiger partial charge in [-0.15, -0.1) is 11.3 Å². The van der Waals surface area contributed by atoms with Crippen molar-refractivity contribution < 1.29 is 9.15 Å². The fraction of sp³-hybridized carbons (Fsp3) is 0. The number of furan rings is 1. The summed E-state index contributed by atoms with van der Waals surface area (Å²) in [6, 6.07) is 52.2. The minimum absolute atomic E-state index is 0.594. The van der Waals surface area contributed by atoms with Crippen LogP contribution in [0.15, 0.2) is 166 Å². The van der Waals surface area contributed by atoms with Gasteiger partial charge in [-0.25, -0.2) is 15.0 Å². The molecule has 0 bridgehead atoms. The van der Waals surface area contributed by atoms with Crippen molar-refractivity contribution >= 4 is 65.2 Å². The SMILES string of the molecule is c1ccc(-c2nc(-c3ccc4c(c3)oc3cc(-c5ccc6c(c5)Oc5ccccc5S6)ccc34)nc(-c3ccc4c(c3)sc3ccccc34)n2)cc1. The van der Waals surface area contributed by atoms with Gasteiger partial charge in [0, 0.05) is 47.6 Å². The Morgan fingerprint density at radius 1 is 0.385 bits per heavy atom. The highest BCUT2D eigenvalue weighted by atomic mass is 32.2. The van der Waals surface area contributed by atoms with Crippen molar-refractivity contribution in [3.63, 3.8) is 0 Å². The third-order valence-corrected chi connectivity index (χ3v) is 11.8. The van der Waals surface area contributed by atoms with E-state index in [4.69, 9.17) is 24.1 Å². The summed E-state index contributed by atoms with van der Waals surface area (Å²) in [7, 11) is 0. The third kappa shape index (κ3) is 4.89. The summed E-state index contributed by atoms with van der Waals surface area (Å²) in [5, 5.41) is 4.61. The maximum absolute atomic E-state index is 6.54. The van der Waals surface area contributed by atoms with Gasteiger partial charge in [-0.2, -0.15) is 0 Å². The van der Waals surface area contributed by atoms with Crippen LogP contribution in [-0.4, -0.2) is 15.0 Å². The molecule has 0 spiro atoms. The summed E-state index contributed by atoms with van der Waals surface area (Å²) < 4.78 is 15.3. The van der Waals surface area contributed by atoms with E-state index >= 15 is 0 Å². The van der Waals surface area contributed by atoms with Gasteiger partial charge < -0.3 is 9.15 Å². The van der Waals surface area contributed by atoms with Crippen molar-refractivity contribution in [2.45, 2.75) is 9.79 Å². The standard InChI is InChI=1S/C45H25N3O2S2/c1-2-8-26(9-3-1)43-46-44(48-45(47-43)30-16-20-34-33-10-4-6-12-39(33)51-42(34)25-30)29-15-19-32-31-18-14-27(22-36(31)50-37(32)24-29)28-17-21-41-38(23-28)49-35-11-5-7-13-40(35)52-41/h1-25H. The Balaban J connectivity index is 0.989. The van der Waals surface area contributed by atoms with Gasteiger partial charge in [-0.3, -0.25) is 0 Å². The quantitative estimate of drug-likeness (QED) is 0.182. The number of hydrogen-bond donors (Lipinski definition) is 0. The molecule has 0 amide bonds. The van der Waals surface area contributed by atoms with Crippen LogP contribution < -0.4 is 4.74 Å². The second-order valence-corrected chi connectivity index (χ2v) is 15.0. The zero-order valence-electron chi connectivity index (χ0n) is 27.4. The van der Waals surface area contributed by atoms with Crippen LogP contribution in [0.2, 0.25) is 0 Å². The van der Waals surface area contributed by atoms with Crippen molar-refractivity contribution in [3.05, 3.63) is 152 Å². The molecule has 52 heavy (non-hydrogen) atoms. The van der Waals surface area contributed by atoms with E-state index in [2.05, 4.69) is 97.1 Å². The van der Waals surface area contributed by atoms with Crippen LogP contribution in [0.4, 0.5) is 0 Å². The van der Waals surface area contributed by atoms with E-state index in [1.54, 1.807) is 23.1 Å². The number of fused-ring (bicyclic) bond motifs is 8. The highest BCUT2D eigenvalue weighted by Crippen LogP contribution is 2.48. The Morgan fingerprint density at radius 2 is 0.962 bits per heavy atom. The number of ether oxygens (including phenoxy) is 1. The molecule has 0 saturated heterocycles. The molecule has 0 saturated carbocycles. The number of rotatable bonds is 4. The lowest BCUT2D eigenvalue weighted by atomic mass is 10.0. The Bertz CT molecular complexity index is 3040. The Hall–Kier alpha value is -6.28. The molecule has 0 fully saturated rings. The Labute approximate surface area is 306 Å². The van der Waals surface area contributed by atoms with Gasteiger partial charge in [0.15, 0.2) is 17.5 Å². The smallest absolute Gasteiger partial charge is 0.164 e. The second kappa shape index (κ2) is 11.6. The van der Waals surface area contributed by atoms with Gasteiger partial charge in [0.05, 0.1) is 9.79 Å². The molecule has 7 heteroatoms. The van der Waals surface area contributed by atoms with Gasteiger partial charge in [-0.05, 0) is 71.8 Å². The largest absolute Gasteiger partial charge is 0.456 e. The number of para-hydroxylation sites is 1. The Kier molecular flexibility index (Phi) is 6.59. The van der Waals surface area contributed by atoms with Crippen LogP contribution >= 0.6 is 23.1 Å². The van der Waals surface area contributed by atoms with Crippen molar-refractivity contribution in [3.8, 4) is 56.8 Å². The molecule has 4 heterocycles. The van der Waals surface area contributed by atoms with Crippen molar-refractivity contribution in [2.75, 3.05) is 0 Å². The molecule has 1 aliphatic heterocycles. The molecule has 1 aliphatic rings. The summed E-state index contributed by atoms with van der Waals surface area (Å²) in [6.07, 6.45) is 0. The first-order valence-electron chi connectivity index (χ1n) is 17.0. The fourth-order valence-corrected chi connectivity index (χ4v) is 9.10. The summed E-state index contributed by atoms with van der Waals surface area (Å²) in [5.74, 6) is 3.61. The topological polar surface area (TPSA) is 61.0 Å². The molecule has 244 valence electrons. The highest BCUT2D eigenvalue weighted by molar-refractivity contribution is 7.99. The molecular weight excluding hydrogens is 679 g/mol. The van der Waals surface area contributed by atoms with Crippen molar-refractivity contribution in [1.29, 1.82) is 0 Å². The Morgan fingerprint density at radius 3 is 1.79 bits per heavy atom. The first-order chi connectivity index (χ1) is 25.7. The van der Waals surface area contributed by atoms with Gasteiger partial charge in [0.1, 0.15) is 22.7 Å². The normalized spacial score (nSPS) is 12.3. The highest BCUT2D eigenvalue weighted by Gasteiger charge is 2.19. The minimum atomic E-state index is 0.594. The zero-order valence-corrected chi connectivity index (χ0v) is 29.0. The predicted molar refractivity (Wildman–Crippen MR) is 212 cm³/mol. The summed E-state index contributed by atoms with van der Waals surface area (Å²) in [5.41, 5.74) is 6.48. The molecule has 0 radical (unpaired) electrons. The van der Waals surface area contributed by atoms with Crippen LogP contribution in [-0.2, 0) is 0 Å². The first kappa shape index (κ1) is 29.5. The lowest BCUT2D eigenvalue weighted by molar-refractivity contribution is 0.455. The van der Waals surface area contributed by atoms with Gasteiger partial charge in [0.25, 0.3) is 0 Å². The third-order valence-electron chi connectivity index (χ3n) is 9.60. The lowest BCUT2D eigenvalue weighted by Crippen LogP contribution is -2.00. The van der Waals surface area contributed by atoms with Crippen LogP contribution in [0.5, 0.6) is 11.5 Å². The average Bonchev–Trinajstić information content (AvgIpc) is 3.77. The van der Waals surface area contributed by atoms with Crippen LogP contribution in [0, 0.1) is 0 Å². The van der Waals surface area contributed by atoms with E-state index in [0.717, 1.165) is 71.0 Å². The zero-order chi connectivity index (χ0) is 34.2. The molecule has 11 rings (SSSR count). The minimum Gasteiger partial charge on any atom is -0.456 e. The number of thiophene rings is 1. The molecular formula is C45H25N3O2S2.